The molecule has 21 heavy (non-hydrogen) atoms. The summed E-state index contributed by atoms with van der Waals surface area (Å²) >= 11 is 5.67. The molecule has 0 radical (unpaired) electrons. The third-order valence-corrected chi connectivity index (χ3v) is 3.54. The van der Waals surface area contributed by atoms with Gasteiger partial charge >= 0.3 is 0 Å². The lowest BCUT2D eigenvalue weighted by molar-refractivity contribution is -0.385. The van der Waals surface area contributed by atoms with Crippen molar-refractivity contribution in [3.63, 3.8) is 0 Å². The molecule has 0 spiro atoms. The molecule has 0 aliphatic heterocycles. The predicted molar refractivity (Wildman–Crippen MR) is 76.4 cm³/mol. The van der Waals surface area contributed by atoms with E-state index in [1.165, 1.54) is 18.9 Å². The van der Waals surface area contributed by atoms with Gasteiger partial charge in [-0.15, -0.1) is 0 Å². The molecule has 114 valence electrons. The maximum absolute atomic E-state index is 12.0. The second-order valence-electron chi connectivity index (χ2n) is 4.81. The van der Waals surface area contributed by atoms with Gasteiger partial charge in [-0.25, -0.2) is 4.98 Å². The number of ether oxygens (including phenoxy) is 1. The minimum atomic E-state index is -0.659. The number of nitrogens with one attached hydrogen (secondary N) is 1. The van der Waals surface area contributed by atoms with Gasteiger partial charge in [0.1, 0.15) is 16.9 Å². The molecule has 1 heterocycles. The molecule has 0 saturated heterocycles. The second-order valence-corrected chi connectivity index (χ2v) is 5.20. The summed E-state index contributed by atoms with van der Waals surface area (Å²) in [5.74, 6) is -0.555. The summed E-state index contributed by atoms with van der Waals surface area (Å²) < 4.78 is 5.60. The number of aromatic nitrogens is 1. The van der Waals surface area contributed by atoms with Crippen LogP contribution in [0, 0.1) is 10.1 Å². The Morgan fingerprint density at radius 2 is 2.24 bits per heavy atom. The van der Waals surface area contributed by atoms with E-state index in [4.69, 9.17) is 16.3 Å². The van der Waals surface area contributed by atoms with Gasteiger partial charge in [-0.3, -0.25) is 14.9 Å². The van der Waals surface area contributed by atoms with Crippen LogP contribution in [0.15, 0.2) is 12.3 Å². The van der Waals surface area contributed by atoms with Crippen molar-refractivity contribution in [3.05, 3.63) is 33.1 Å². The Labute approximate surface area is 126 Å². The zero-order valence-corrected chi connectivity index (χ0v) is 12.1. The van der Waals surface area contributed by atoms with Crippen molar-refractivity contribution in [2.75, 3.05) is 13.2 Å². The molecule has 1 aromatic rings. The highest BCUT2D eigenvalue weighted by Crippen LogP contribution is 2.21. The van der Waals surface area contributed by atoms with Crippen LogP contribution in [0.5, 0.6) is 0 Å². The number of carbonyl (C=O) groups excluding carboxylic acids is 1. The number of carbonyl (C=O) groups is 1. The third-order valence-electron chi connectivity index (χ3n) is 3.33. The van der Waals surface area contributed by atoms with Gasteiger partial charge in [0.15, 0.2) is 0 Å². The summed E-state index contributed by atoms with van der Waals surface area (Å²) in [4.78, 5) is 25.8. The summed E-state index contributed by atoms with van der Waals surface area (Å²) in [6.07, 6.45) is 5.72. The fourth-order valence-electron chi connectivity index (χ4n) is 2.29. The smallest absolute Gasteiger partial charge is 0.300 e. The van der Waals surface area contributed by atoms with Crippen LogP contribution in [-0.2, 0) is 4.74 Å². The van der Waals surface area contributed by atoms with Crippen LogP contribution in [0.2, 0.25) is 5.15 Å². The van der Waals surface area contributed by atoms with Gasteiger partial charge in [-0.1, -0.05) is 24.4 Å². The first-order chi connectivity index (χ1) is 10.1. The summed E-state index contributed by atoms with van der Waals surface area (Å²) in [6, 6.07) is 1.19. The first-order valence-electron chi connectivity index (χ1n) is 6.77. The van der Waals surface area contributed by atoms with Crippen molar-refractivity contribution in [2.45, 2.75) is 31.8 Å². The van der Waals surface area contributed by atoms with Crippen LogP contribution in [0.25, 0.3) is 0 Å². The molecule has 1 saturated carbocycles. The molecule has 7 nitrogen and oxygen atoms in total. The highest BCUT2D eigenvalue weighted by atomic mass is 35.5. The molecule has 1 aliphatic rings. The summed E-state index contributed by atoms with van der Waals surface area (Å²) in [6.45, 7) is 0.690. The van der Waals surface area contributed by atoms with E-state index in [0.717, 1.165) is 19.0 Å². The lowest BCUT2D eigenvalue weighted by atomic mass is 10.2. The van der Waals surface area contributed by atoms with E-state index in [-0.39, 0.29) is 22.5 Å². The standard InChI is InChI=1S/C13H16ClN3O4/c14-12-7-10(11(8-16-12)17(19)20)13(18)15-5-6-21-9-3-1-2-4-9/h7-9H,1-6H2,(H,15,18). The Kier molecular flexibility index (Phi) is 5.46. The minimum absolute atomic E-state index is 0.0351. The molecule has 0 bridgehead atoms. The lowest BCUT2D eigenvalue weighted by Gasteiger charge is -2.11. The van der Waals surface area contributed by atoms with Crippen LogP contribution < -0.4 is 5.32 Å². The first-order valence-corrected chi connectivity index (χ1v) is 7.15. The number of nitro groups is 1. The summed E-state index contributed by atoms with van der Waals surface area (Å²) in [5.41, 5.74) is -0.463. The van der Waals surface area contributed by atoms with E-state index in [1.807, 2.05) is 0 Å². The first kappa shape index (κ1) is 15.7. The van der Waals surface area contributed by atoms with Gasteiger partial charge in [-0.05, 0) is 18.9 Å². The van der Waals surface area contributed by atoms with E-state index in [0.29, 0.717) is 13.2 Å². The summed E-state index contributed by atoms with van der Waals surface area (Å²) in [5, 5.41) is 13.5. The highest BCUT2D eigenvalue weighted by Gasteiger charge is 2.21. The van der Waals surface area contributed by atoms with E-state index in [9.17, 15) is 14.9 Å². The molecule has 1 fully saturated rings. The number of halogens is 1. The average Bonchev–Trinajstić information content (AvgIpc) is 2.96. The number of rotatable bonds is 6. The molecule has 1 aliphatic carbocycles. The molecule has 2 rings (SSSR count). The molecule has 0 aromatic carbocycles. The molecule has 1 aromatic heterocycles. The second kappa shape index (κ2) is 7.33. The fourth-order valence-corrected chi connectivity index (χ4v) is 2.45. The zero-order chi connectivity index (χ0) is 15.2. The third kappa shape index (κ3) is 4.37. The van der Waals surface area contributed by atoms with E-state index in [1.54, 1.807) is 0 Å². The maximum atomic E-state index is 12.0. The van der Waals surface area contributed by atoms with Crippen LogP contribution >= 0.6 is 11.6 Å². The Morgan fingerprint density at radius 1 is 1.52 bits per heavy atom. The van der Waals surface area contributed by atoms with E-state index < -0.39 is 10.8 Å². The molecular formula is C13H16ClN3O4. The normalized spacial score (nSPS) is 15.1. The average molecular weight is 314 g/mol. The van der Waals surface area contributed by atoms with Crippen LogP contribution in [0.3, 0.4) is 0 Å². The molecular weight excluding hydrogens is 298 g/mol. The fraction of sp³-hybridized carbons (Fsp3) is 0.538. The Morgan fingerprint density at radius 3 is 2.90 bits per heavy atom. The largest absolute Gasteiger partial charge is 0.376 e. The van der Waals surface area contributed by atoms with Crippen molar-refractivity contribution < 1.29 is 14.5 Å². The molecule has 1 N–H and O–H groups in total. The number of amides is 1. The zero-order valence-electron chi connectivity index (χ0n) is 11.4. The summed E-state index contributed by atoms with van der Waals surface area (Å²) in [7, 11) is 0. The van der Waals surface area contributed by atoms with Gasteiger partial charge < -0.3 is 10.1 Å². The molecule has 8 heteroatoms. The number of hydrogen-bond acceptors (Lipinski definition) is 5. The maximum Gasteiger partial charge on any atom is 0.300 e. The van der Waals surface area contributed by atoms with E-state index >= 15 is 0 Å². The van der Waals surface area contributed by atoms with Crippen LogP contribution in [0.4, 0.5) is 5.69 Å². The predicted octanol–water partition coefficient (Wildman–Crippen LogP) is 2.33. The quantitative estimate of drug-likeness (QED) is 0.376. The Bertz CT molecular complexity index is 532. The van der Waals surface area contributed by atoms with Crippen molar-refractivity contribution >= 4 is 23.2 Å². The number of hydrogen-bond donors (Lipinski definition) is 1. The van der Waals surface area contributed by atoms with Gasteiger partial charge in [0, 0.05) is 6.54 Å². The van der Waals surface area contributed by atoms with Gasteiger partial charge in [-0.2, -0.15) is 0 Å². The van der Waals surface area contributed by atoms with Gasteiger partial charge in [0.2, 0.25) is 0 Å². The SMILES string of the molecule is O=C(NCCOC1CCCC1)c1cc(Cl)ncc1[N+](=O)[O-]. The highest BCUT2D eigenvalue weighted by molar-refractivity contribution is 6.29. The van der Waals surface area contributed by atoms with Crippen molar-refractivity contribution in [1.29, 1.82) is 0 Å². The number of nitrogens with zero attached hydrogens (tertiary/aromatic N) is 2. The molecule has 0 unspecified atom stereocenters. The van der Waals surface area contributed by atoms with Gasteiger partial charge in [0.05, 0.1) is 17.6 Å². The van der Waals surface area contributed by atoms with E-state index in [2.05, 4.69) is 10.3 Å². The minimum Gasteiger partial charge on any atom is -0.376 e. The van der Waals surface area contributed by atoms with Crippen molar-refractivity contribution in [3.8, 4) is 0 Å². The molecule has 0 atom stereocenters. The van der Waals surface area contributed by atoms with Crippen molar-refractivity contribution in [2.24, 2.45) is 0 Å². The van der Waals surface area contributed by atoms with Crippen LogP contribution in [-0.4, -0.2) is 35.1 Å². The Balaban J connectivity index is 1.87. The van der Waals surface area contributed by atoms with Gasteiger partial charge in [0.25, 0.3) is 11.6 Å². The number of pyridine rings is 1. The molecule has 1 amide bonds. The van der Waals surface area contributed by atoms with Crippen LogP contribution in [0.1, 0.15) is 36.0 Å². The van der Waals surface area contributed by atoms with Crippen molar-refractivity contribution in [1.82, 2.24) is 10.3 Å². The lowest BCUT2D eigenvalue weighted by Crippen LogP contribution is -2.29. The topological polar surface area (TPSA) is 94.4 Å². The Hall–Kier alpha value is -1.73. The monoisotopic (exact) mass is 313 g/mol.